The molecule has 21 nitrogen and oxygen atoms in total. The quantitative estimate of drug-likeness (QED) is 0.0261. The second-order valence-corrected chi connectivity index (χ2v) is 39.5. The molecule has 4 N–H and O–H groups in total. The fourth-order valence-corrected chi connectivity index (χ4v) is 19.1. The standard InChI is InChI=1S/C37H44F4N2O5.C36H42ClF4N3O4.C35H43F4N3O4/c1-21(2)14-30(43-20-25(10-13-42-11-7-12-42)29(19-33(43)45)37(39,40)41)31(44)17-26(18-34(46)47)28-16-27(15-23(4)36(28)38)35-22(3)8-9-32(48-6)24(35)5;1-20(2)12-31(44-17-24(10-11-43-18-26(19-43)48-6)28(16-32(44)46)36(39,40)41)35(47)42-30(13-23(5)45)27-14-25(15-29(37)34(27)38)33-21(3)8-7-9-22(33)4;1-19(2)11-29(42-18-24(9-10-41(7)8)27(16-30(42)43)35(37,38)39)34(46)40-28(17-31(44)45)26-15-25(14-23(6)33(26)36)32-21(4)12-20(3)13-22(32)5/h8-9,15-16,19-21,26,30H,7,10-14,17-18H2,1-6H3,(H,46,47);7-9,14-17,20,26,30-31H,10-13,18-19H2,1-6H3,(H,42,47);12-16,18-19,28-29H,9-11,17H2,1-8H3,(H,40,46)(H,44,45)/t26-,30-;30-,31-;28-,29-/m000/s1. The Labute approximate surface area is 825 Å². The number of aliphatic carboxylic acids is 2. The predicted octanol–water partition coefficient (Wildman–Crippen LogP) is 21.8. The van der Waals surface area contributed by atoms with E-state index in [1.54, 1.807) is 85.2 Å². The highest BCUT2D eigenvalue weighted by molar-refractivity contribution is 6.31. The minimum atomic E-state index is -4.78. The van der Waals surface area contributed by atoms with E-state index in [1.165, 1.54) is 19.1 Å². The van der Waals surface area contributed by atoms with E-state index < -0.39 is 154 Å². The summed E-state index contributed by atoms with van der Waals surface area (Å²) in [6.45, 7) is 32.3. The number of nitrogens with one attached hydrogen (secondary N) is 2. The van der Waals surface area contributed by atoms with Crippen molar-refractivity contribution in [2.75, 3.05) is 74.1 Å². The summed E-state index contributed by atoms with van der Waals surface area (Å²) in [5, 5.41) is 24.8. The van der Waals surface area contributed by atoms with E-state index in [2.05, 4.69) is 10.6 Å². The number of carboxylic acid groups (broad SMARTS) is 2. The highest BCUT2D eigenvalue weighted by atomic mass is 35.5. The van der Waals surface area contributed by atoms with E-state index in [9.17, 15) is 92.9 Å². The van der Waals surface area contributed by atoms with Crippen LogP contribution in [0.4, 0.5) is 52.7 Å². The molecule has 6 atom stereocenters. The van der Waals surface area contributed by atoms with Crippen molar-refractivity contribution in [1.82, 2.24) is 39.0 Å². The van der Waals surface area contributed by atoms with Gasteiger partial charge in [-0.05, 0) is 302 Å². The fraction of sp³-hybridized carbons (Fsp3) is 0.472. The summed E-state index contributed by atoms with van der Waals surface area (Å²) >= 11 is 6.37. The first-order valence-corrected chi connectivity index (χ1v) is 47.7. The SMILES string of the molecule is COC1CN(CCc2cn([C@@H](CC(C)C)C(=O)N[C@@H](CC(C)=O)c3cc(-c4c(C)cccc4C)cc(Cl)c3F)c(=O)cc2C(F)(F)F)C1.COc1ccc(C)c(-c2cc(C)c(F)c([C@H](CC(=O)O)CC(=O)[C@H](CC(C)C)n3cc(CCN4CCC4)c(C(F)(F)F)cc3=O)c2)c1C.Cc1cc(C)c(-c2cc(C)c(F)c([C@H](CC(=O)O)NC(=O)[C@H](CC(C)C)n3cc(CCN(C)C)c(C(F)(F)F)cc3=O)c2)c(C)c1. The number of methoxy groups -OCH3 is 2. The van der Waals surface area contributed by atoms with Crippen molar-refractivity contribution >= 4 is 46.9 Å². The van der Waals surface area contributed by atoms with Crippen LogP contribution in [-0.4, -0.2) is 154 Å². The maximum Gasteiger partial charge on any atom is 0.416 e. The minimum absolute atomic E-state index is 0.0106. The Morgan fingerprint density at radius 3 is 1.30 bits per heavy atom. The number of likely N-dealkylation sites (tertiary alicyclic amines) is 2. The summed E-state index contributed by atoms with van der Waals surface area (Å²) in [5.74, 6) is -8.07. The molecule has 2 aliphatic heterocycles. The van der Waals surface area contributed by atoms with Gasteiger partial charge in [0.1, 0.15) is 41.1 Å². The summed E-state index contributed by atoms with van der Waals surface area (Å²) < 4.78 is 187. The number of carbonyl (C=O) groups is 6. The maximum absolute atomic E-state index is 15.9. The smallest absolute Gasteiger partial charge is 0.416 e. The molecule has 11 rings (SSSR count). The van der Waals surface area contributed by atoms with Crippen LogP contribution in [0.1, 0.15) is 236 Å². The number of Topliss-reactive ketones (excluding diaryl/α,β-unsaturated/α-hetero) is 2. The van der Waals surface area contributed by atoms with Crippen LogP contribution < -0.4 is 32.0 Å². The Balaban J connectivity index is 0.000000238. The molecular formula is C108H129ClF12N8O13. The van der Waals surface area contributed by atoms with E-state index in [4.69, 9.17) is 21.1 Å². The van der Waals surface area contributed by atoms with Gasteiger partial charge in [-0.2, -0.15) is 39.5 Å². The molecule has 2 saturated heterocycles. The number of aryl methyl sites for hydroxylation is 8. The van der Waals surface area contributed by atoms with Crippen LogP contribution in [0.15, 0.2) is 130 Å². The Morgan fingerprint density at radius 2 is 0.880 bits per heavy atom. The topological polar surface area (TPSA) is 261 Å². The van der Waals surface area contributed by atoms with Crippen molar-refractivity contribution in [2.45, 2.75) is 242 Å². The number of benzene rings is 6. The Hall–Kier alpha value is -11.5. The number of ether oxygens (including phenoxy) is 2. The first-order chi connectivity index (χ1) is 66.3. The summed E-state index contributed by atoms with van der Waals surface area (Å²) in [4.78, 5) is 124. The number of nitrogens with zero attached hydrogens (tertiary/aromatic N) is 6. The molecular weight excluding hydrogens is 1880 g/mol. The number of likely N-dealkylation sites (N-methyl/N-ethyl adjacent to an activating group) is 1. The van der Waals surface area contributed by atoms with Gasteiger partial charge in [-0.15, -0.1) is 0 Å². The number of pyridine rings is 3. The number of halogens is 13. The van der Waals surface area contributed by atoms with Crippen LogP contribution in [0.25, 0.3) is 33.4 Å². The molecule has 0 bridgehead atoms. The number of rotatable bonds is 39. The lowest BCUT2D eigenvalue weighted by Gasteiger charge is -2.38. The Kier molecular flexibility index (Phi) is 39.1. The average Bonchev–Trinajstić information content (AvgIpc) is 0.788. The first kappa shape index (κ1) is 114. The number of amides is 2. The molecule has 0 spiro atoms. The zero-order chi connectivity index (χ0) is 106. The molecule has 0 radical (unpaired) electrons. The molecule has 6 aromatic carbocycles. The highest BCUT2D eigenvalue weighted by Gasteiger charge is 2.42. The molecule has 0 saturated carbocycles. The monoisotopic (exact) mass is 2010 g/mol. The summed E-state index contributed by atoms with van der Waals surface area (Å²) in [7, 11) is 6.53. The predicted molar refractivity (Wildman–Crippen MR) is 524 cm³/mol. The maximum atomic E-state index is 15.9. The van der Waals surface area contributed by atoms with E-state index in [-0.39, 0.29) is 131 Å². The summed E-state index contributed by atoms with van der Waals surface area (Å²) in [5.41, 5.74) is 4.80. The summed E-state index contributed by atoms with van der Waals surface area (Å²) in [6.07, 6.45) is -11.7. The van der Waals surface area contributed by atoms with Gasteiger partial charge in [0.05, 0.1) is 65.9 Å². The van der Waals surface area contributed by atoms with Gasteiger partial charge in [0.15, 0.2) is 5.78 Å². The molecule has 34 heteroatoms. The third kappa shape index (κ3) is 29.4. The number of carbonyl (C=O) groups excluding carboxylic acids is 4. The van der Waals surface area contributed by atoms with E-state index in [0.29, 0.717) is 66.8 Å². The van der Waals surface area contributed by atoms with Crippen molar-refractivity contribution < 1.29 is 101 Å². The van der Waals surface area contributed by atoms with Gasteiger partial charge in [-0.1, -0.05) is 95.1 Å². The number of hydrogen-bond donors (Lipinski definition) is 4. The number of alkyl halides is 9. The second-order valence-electron chi connectivity index (χ2n) is 39.1. The van der Waals surface area contributed by atoms with Crippen LogP contribution in [0, 0.1) is 97.5 Å². The fourth-order valence-electron chi connectivity index (χ4n) is 18.9. The molecule has 5 heterocycles. The van der Waals surface area contributed by atoms with Gasteiger partial charge in [-0.25, -0.2) is 13.2 Å². The highest BCUT2D eigenvalue weighted by Crippen LogP contribution is 2.44. The molecule has 142 heavy (non-hydrogen) atoms. The lowest BCUT2D eigenvalue weighted by molar-refractivity contribution is -0.139. The van der Waals surface area contributed by atoms with Crippen molar-refractivity contribution in [2.24, 2.45) is 17.8 Å². The molecule has 0 unspecified atom stereocenters. The molecule has 3 aromatic heterocycles. The largest absolute Gasteiger partial charge is 0.496 e. The molecule has 9 aromatic rings. The van der Waals surface area contributed by atoms with Gasteiger partial charge in [-0.3, -0.25) is 48.1 Å². The first-order valence-electron chi connectivity index (χ1n) is 47.3. The van der Waals surface area contributed by atoms with Gasteiger partial charge in [0.25, 0.3) is 16.7 Å². The molecule has 2 fully saturated rings. The van der Waals surface area contributed by atoms with Gasteiger partial charge in [0.2, 0.25) is 11.8 Å². The van der Waals surface area contributed by atoms with Crippen molar-refractivity contribution in [1.29, 1.82) is 0 Å². The van der Waals surface area contributed by atoms with Crippen molar-refractivity contribution in [3.05, 3.63) is 269 Å². The Bertz CT molecular complexity index is 6250. The van der Waals surface area contributed by atoms with Gasteiger partial charge < -0.3 is 53.8 Å². The normalized spacial score (nSPS) is 14.5. The molecule has 770 valence electrons. The van der Waals surface area contributed by atoms with Crippen molar-refractivity contribution in [3.63, 3.8) is 0 Å². The number of hydrogen-bond acceptors (Lipinski definition) is 14. The Morgan fingerprint density at radius 1 is 0.479 bits per heavy atom. The van der Waals surface area contributed by atoms with E-state index in [1.807, 2.05) is 128 Å². The van der Waals surface area contributed by atoms with E-state index in [0.717, 1.165) is 107 Å². The third-order valence-corrected chi connectivity index (χ3v) is 26.2. The zero-order valence-electron chi connectivity index (χ0n) is 84.0. The number of ketones is 2. The number of aromatic nitrogens is 3. The van der Waals surface area contributed by atoms with Crippen LogP contribution in [0.5, 0.6) is 5.75 Å². The number of carboxylic acids is 2. The third-order valence-electron chi connectivity index (χ3n) is 26.0. The molecule has 2 amide bonds. The summed E-state index contributed by atoms with van der Waals surface area (Å²) in [6, 6.07) is 18.2. The molecule has 0 aliphatic carbocycles. The zero-order valence-corrected chi connectivity index (χ0v) is 84.7. The lowest BCUT2D eigenvalue weighted by Crippen LogP contribution is -2.52. The average molecular weight is 2010 g/mol. The van der Waals surface area contributed by atoms with Crippen LogP contribution in [-0.2, 0) is 71.3 Å². The molecule has 2 aliphatic rings. The lowest BCUT2D eigenvalue weighted by atomic mass is 9.83. The van der Waals surface area contributed by atoms with Crippen LogP contribution in [0.2, 0.25) is 5.02 Å². The van der Waals surface area contributed by atoms with E-state index >= 15 is 13.2 Å². The van der Waals surface area contributed by atoms with Gasteiger partial charge >= 0.3 is 30.5 Å². The second kappa shape index (κ2) is 48.7. The van der Waals surface area contributed by atoms with Gasteiger partial charge in [0, 0.05) is 107 Å². The van der Waals surface area contributed by atoms with Crippen molar-refractivity contribution in [3.8, 4) is 39.1 Å². The van der Waals surface area contributed by atoms with Crippen LogP contribution >= 0.6 is 11.6 Å². The van der Waals surface area contributed by atoms with Crippen LogP contribution in [0.3, 0.4) is 0 Å². The minimum Gasteiger partial charge on any atom is -0.496 e.